The summed E-state index contributed by atoms with van der Waals surface area (Å²) in [6.07, 6.45) is 16.6. The Morgan fingerprint density at radius 3 is 2.51 bits per heavy atom. The number of aliphatic hydroxyl groups is 1. The first-order valence-electron chi connectivity index (χ1n) is 16.2. The molecule has 7 aliphatic rings. The molecule has 5 fully saturated rings. The van der Waals surface area contributed by atoms with E-state index in [-0.39, 0.29) is 35.4 Å². The fraction of sp³-hybridized carbons (Fsp3) is 0.788. The minimum atomic E-state index is -0.349. The fourth-order valence-corrected chi connectivity index (χ4v) is 12.7. The first-order valence-corrected chi connectivity index (χ1v) is 18.7. The molecular weight excluding hydrogens is 554 g/mol. The molecule has 0 bridgehead atoms. The van der Waals surface area contributed by atoms with Gasteiger partial charge < -0.3 is 19.3 Å². The van der Waals surface area contributed by atoms with Gasteiger partial charge in [0.25, 0.3) is 0 Å². The highest BCUT2D eigenvalue weighted by Crippen LogP contribution is 2.57. The maximum atomic E-state index is 12.6. The zero-order chi connectivity index (χ0) is 28.3. The van der Waals surface area contributed by atoms with Crippen LogP contribution in [-0.4, -0.2) is 58.8 Å². The lowest BCUT2D eigenvalue weighted by Gasteiger charge is -2.54. The van der Waals surface area contributed by atoms with Crippen molar-refractivity contribution < 1.29 is 24.1 Å². The number of rotatable bonds is 1. The van der Waals surface area contributed by atoms with Gasteiger partial charge in [0.1, 0.15) is 5.76 Å². The highest BCUT2D eigenvalue weighted by molar-refractivity contribution is 8.76. The summed E-state index contributed by atoms with van der Waals surface area (Å²) in [6.45, 7) is 4.01. The van der Waals surface area contributed by atoms with Crippen molar-refractivity contribution in [1.82, 2.24) is 4.90 Å². The van der Waals surface area contributed by atoms with Crippen LogP contribution in [0.5, 0.6) is 0 Å². The van der Waals surface area contributed by atoms with Gasteiger partial charge in [0, 0.05) is 46.9 Å². The van der Waals surface area contributed by atoms with Crippen LogP contribution in [0.25, 0.3) is 0 Å². The van der Waals surface area contributed by atoms with Crippen molar-refractivity contribution in [3.05, 3.63) is 34.7 Å². The van der Waals surface area contributed by atoms with Gasteiger partial charge in [0.2, 0.25) is 5.76 Å². The normalized spacial score (nSPS) is 42.8. The van der Waals surface area contributed by atoms with Gasteiger partial charge in [-0.25, -0.2) is 4.79 Å². The van der Waals surface area contributed by atoms with E-state index in [1.165, 1.54) is 57.1 Å². The van der Waals surface area contributed by atoms with Crippen LogP contribution in [0, 0.1) is 29.1 Å². The molecule has 226 valence electrons. The Balaban J connectivity index is 1.34. The van der Waals surface area contributed by atoms with Gasteiger partial charge in [-0.15, -0.1) is 0 Å². The number of hydrogen-bond donors (Lipinski definition) is 1. The van der Waals surface area contributed by atoms with Crippen LogP contribution in [0.3, 0.4) is 0 Å². The number of carbonyl (C=O) groups is 1. The Morgan fingerprint density at radius 2 is 1.71 bits per heavy atom. The summed E-state index contributed by atoms with van der Waals surface area (Å²) >= 11 is 0. The third-order valence-corrected chi connectivity index (χ3v) is 14.3. The van der Waals surface area contributed by atoms with E-state index in [1.54, 1.807) is 14.0 Å². The largest absolute Gasteiger partial charge is 0.492 e. The van der Waals surface area contributed by atoms with Crippen molar-refractivity contribution in [3.8, 4) is 0 Å². The Hall–Kier alpha value is -1.09. The Bertz CT molecular complexity index is 1140. The first kappa shape index (κ1) is 28.7. The lowest BCUT2D eigenvalue weighted by Crippen LogP contribution is -2.62. The molecule has 0 unspecified atom stereocenters. The highest BCUT2D eigenvalue weighted by atomic mass is 33.1. The van der Waals surface area contributed by atoms with Crippen LogP contribution in [0.4, 0.5) is 0 Å². The monoisotopic (exact) mass is 601 g/mol. The molecule has 8 atom stereocenters. The average molecular weight is 602 g/mol. The van der Waals surface area contributed by atoms with Gasteiger partial charge in [-0.1, -0.05) is 67.0 Å². The molecule has 1 N–H and O–H groups in total. The molecular formula is C33H47NO5S2. The molecule has 0 amide bonds. The number of aliphatic hydroxyl groups excluding tert-OH is 1. The van der Waals surface area contributed by atoms with Gasteiger partial charge in [-0.2, -0.15) is 0 Å². The minimum absolute atomic E-state index is 0.0371. The van der Waals surface area contributed by atoms with E-state index < -0.39 is 0 Å². The van der Waals surface area contributed by atoms with Crippen molar-refractivity contribution >= 4 is 27.6 Å². The number of ether oxygens (including phenoxy) is 3. The predicted molar refractivity (Wildman–Crippen MR) is 164 cm³/mol. The Kier molecular flexibility index (Phi) is 8.00. The molecule has 2 aliphatic carbocycles. The number of piperidine rings is 1. The van der Waals surface area contributed by atoms with Crippen molar-refractivity contribution in [1.29, 1.82) is 0 Å². The van der Waals surface area contributed by atoms with E-state index in [1.807, 2.05) is 0 Å². The van der Waals surface area contributed by atoms with E-state index >= 15 is 0 Å². The first-order chi connectivity index (χ1) is 19.9. The van der Waals surface area contributed by atoms with E-state index in [9.17, 15) is 9.90 Å². The van der Waals surface area contributed by atoms with Crippen LogP contribution in [0.15, 0.2) is 34.7 Å². The van der Waals surface area contributed by atoms with Crippen molar-refractivity contribution in [2.24, 2.45) is 29.1 Å². The van der Waals surface area contributed by atoms with Crippen LogP contribution in [0.1, 0.15) is 90.9 Å². The Morgan fingerprint density at radius 1 is 0.976 bits per heavy atom. The van der Waals surface area contributed by atoms with Crippen molar-refractivity contribution in [3.63, 3.8) is 0 Å². The molecule has 5 aliphatic heterocycles. The second-order valence-electron chi connectivity index (χ2n) is 13.8. The molecule has 1 spiro atoms. The standard InChI is InChI=1S/C33H47NO5S2/c1-19-28-24-12-8-11-23-25(35)15-21-9-7-10-22(21)17-40-41-18-27(34(23)24)33(13-5-4-6-14-33)16-26(28)38-30(19)31-29(37-3)20(2)32(36)39-31/h16,19,21-25,27-28,35H,4-15,17-18H2,1-3H3/t19-,21-,22-,23-,24-,25-,27+,28+/m0/s1. The summed E-state index contributed by atoms with van der Waals surface area (Å²) in [5.41, 5.74) is 0.540. The van der Waals surface area contributed by atoms with Crippen LogP contribution >= 0.6 is 21.6 Å². The summed E-state index contributed by atoms with van der Waals surface area (Å²) in [5, 5.41) is 12.1. The van der Waals surface area contributed by atoms with Gasteiger partial charge in [0.15, 0.2) is 11.5 Å². The molecule has 5 heterocycles. The second-order valence-corrected chi connectivity index (χ2v) is 16.4. The molecule has 3 saturated heterocycles. The third-order valence-electron chi connectivity index (χ3n) is 11.8. The van der Waals surface area contributed by atoms with E-state index in [0.29, 0.717) is 35.1 Å². The lowest BCUT2D eigenvalue weighted by molar-refractivity contribution is -0.133. The number of methoxy groups -OCH3 is 1. The van der Waals surface area contributed by atoms with Crippen molar-refractivity contribution in [2.75, 3.05) is 18.6 Å². The number of cyclic esters (lactones) is 1. The van der Waals surface area contributed by atoms with Gasteiger partial charge >= 0.3 is 5.97 Å². The van der Waals surface area contributed by atoms with Crippen LogP contribution in [0.2, 0.25) is 0 Å². The second kappa shape index (κ2) is 11.4. The van der Waals surface area contributed by atoms with Gasteiger partial charge in [-0.05, 0) is 63.4 Å². The molecule has 0 aromatic rings. The molecule has 6 nitrogen and oxygen atoms in total. The molecule has 41 heavy (non-hydrogen) atoms. The summed E-state index contributed by atoms with van der Waals surface area (Å²) in [6, 6.07) is 0.891. The average Bonchev–Trinajstić information content (AvgIpc) is 3.60. The number of allylic oxidation sites excluding steroid dienone is 1. The lowest BCUT2D eigenvalue weighted by atomic mass is 9.68. The van der Waals surface area contributed by atoms with E-state index in [4.69, 9.17) is 14.2 Å². The molecule has 8 heteroatoms. The smallest absolute Gasteiger partial charge is 0.343 e. The minimum Gasteiger partial charge on any atom is -0.492 e. The SMILES string of the molecule is COC1=C(C)C(=O)OC1=C1OC2=CC3(CCCCC3)[C@H]3CSSC[C@@H]4CCC[C@H]4C[C@H](O)[C@@H]4CCC[C@@H]([C@H]2[C@@H]1C)N43. The number of fused-ring (bicyclic) bond motifs is 4. The maximum absolute atomic E-state index is 12.6. The molecule has 7 rings (SSSR count). The molecule has 2 saturated carbocycles. The third kappa shape index (κ3) is 4.82. The van der Waals surface area contributed by atoms with Crippen LogP contribution in [-0.2, 0) is 19.0 Å². The summed E-state index contributed by atoms with van der Waals surface area (Å²) in [7, 11) is 5.80. The highest BCUT2D eigenvalue weighted by Gasteiger charge is 2.57. The Labute approximate surface area is 253 Å². The summed E-state index contributed by atoms with van der Waals surface area (Å²) in [4.78, 5) is 15.4. The summed E-state index contributed by atoms with van der Waals surface area (Å²) < 4.78 is 18.3. The number of nitrogens with zero attached hydrogens (tertiary/aromatic N) is 1. The molecule has 0 radical (unpaired) electrons. The van der Waals surface area contributed by atoms with Crippen molar-refractivity contribution in [2.45, 2.75) is 115 Å². The number of carbonyl (C=O) groups excluding carboxylic acids is 1. The van der Waals surface area contributed by atoms with E-state index in [2.05, 4.69) is 39.5 Å². The quantitative estimate of drug-likeness (QED) is 0.256. The van der Waals surface area contributed by atoms with Crippen LogP contribution < -0.4 is 0 Å². The number of esters is 1. The molecule has 0 aromatic heterocycles. The molecule has 0 aromatic carbocycles. The fourth-order valence-electron chi connectivity index (χ4n) is 9.76. The zero-order valence-corrected chi connectivity index (χ0v) is 26.6. The topological polar surface area (TPSA) is 68.2 Å². The van der Waals surface area contributed by atoms with Gasteiger partial charge in [0.05, 0.1) is 18.8 Å². The summed E-state index contributed by atoms with van der Waals surface area (Å²) in [5.74, 6) is 6.42. The van der Waals surface area contributed by atoms with Gasteiger partial charge in [-0.3, -0.25) is 4.90 Å². The van der Waals surface area contributed by atoms with E-state index in [0.717, 1.165) is 48.9 Å². The zero-order valence-electron chi connectivity index (χ0n) is 24.9. The number of hydrogen-bond acceptors (Lipinski definition) is 8. The predicted octanol–water partition coefficient (Wildman–Crippen LogP) is 6.96. The maximum Gasteiger partial charge on any atom is 0.343 e.